The van der Waals surface area contributed by atoms with Gasteiger partial charge in [-0.1, -0.05) is 36.4 Å². The highest BCUT2D eigenvalue weighted by molar-refractivity contribution is 5.94. The van der Waals surface area contributed by atoms with E-state index in [1.807, 2.05) is 36.4 Å². The molecule has 0 bridgehead atoms. The number of nitrogens with one attached hydrogen (secondary N) is 1. The summed E-state index contributed by atoms with van der Waals surface area (Å²) in [5.74, 6) is -0.0494. The van der Waals surface area contributed by atoms with Crippen molar-refractivity contribution < 1.29 is 9.53 Å². The monoisotopic (exact) mass is 346 g/mol. The van der Waals surface area contributed by atoms with Crippen LogP contribution in [0.4, 0.5) is 5.69 Å². The first kappa shape index (κ1) is 16.6. The molecular formula is C22H22N2O2. The highest BCUT2D eigenvalue weighted by Crippen LogP contribution is 2.18. The molecule has 0 aromatic heterocycles. The predicted molar refractivity (Wildman–Crippen MR) is 105 cm³/mol. The summed E-state index contributed by atoms with van der Waals surface area (Å²) in [6.07, 6.45) is 0. The van der Waals surface area contributed by atoms with E-state index in [0.717, 1.165) is 37.6 Å². The van der Waals surface area contributed by atoms with Crippen molar-refractivity contribution in [3.63, 3.8) is 0 Å². The van der Waals surface area contributed by atoms with Crippen molar-refractivity contribution in [2.75, 3.05) is 31.2 Å². The van der Waals surface area contributed by atoms with Gasteiger partial charge in [-0.05, 0) is 46.7 Å². The lowest BCUT2D eigenvalue weighted by atomic mass is 10.1. The minimum Gasteiger partial charge on any atom is -0.378 e. The van der Waals surface area contributed by atoms with Gasteiger partial charge in [0.1, 0.15) is 0 Å². The van der Waals surface area contributed by atoms with Gasteiger partial charge in [-0.15, -0.1) is 0 Å². The Morgan fingerprint density at radius 2 is 1.65 bits per heavy atom. The number of nitrogens with zero attached hydrogens (tertiary/aromatic N) is 1. The fraction of sp³-hybridized carbons (Fsp3) is 0.227. The second kappa shape index (κ2) is 7.58. The summed E-state index contributed by atoms with van der Waals surface area (Å²) in [4.78, 5) is 14.7. The largest absolute Gasteiger partial charge is 0.378 e. The topological polar surface area (TPSA) is 41.6 Å². The first-order valence-electron chi connectivity index (χ1n) is 8.98. The van der Waals surface area contributed by atoms with Crippen LogP contribution in [0.1, 0.15) is 15.9 Å². The van der Waals surface area contributed by atoms with Gasteiger partial charge in [-0.3, -0.25) is 4.79 Å². The number of carbonyl (C=O) groups is 1. The molecule has 0 saturated carbocycles. The molecule has 1 fully saturated rings. The zero-order valence-electron chi connectivity index (χ0n) is 14.7. The number of carbonyl (C=O) groups excluding carboxylic acids is 1. The van der Waals surface area contributed by atoms with Gasteiger partial charge in [0, 0.05) is 30.9 Å². The van der Waals surface area contributed by atoms with Crippen molar-refractivity contribution in [2.45, 2.75) is 6.54 Å². The minimum absolute atomic E-state index is 0.0494. The van der Waals surface area contributed by atoms with Crippen molar-refractivity contribution in [1.82, 2.24) is 5.32 Å². The van der Waals surface area contributed by atoms with Gasteiger partial charge < -0.3 is 15.0 Å². The Hall–Kier alpha value is -2.85. The Balaban J connectivity index is 1.39. The van der Waals surface area contributed by atoms with E-state index in [-0.39, 0.29) is 5.91 Å². The molecule has 1 aliphatic rings. The van der Waals surface area contributed by atoms with E-state index in [9.17, 15) is 4.79 Å². The van der Waals surface area contributed by atoms with Crippen molar-refractivity contribution in [3.05, 3.63) is 77.9 Å². The van der Waals surface area contributed by atoms with Gasteiger partial charge in [0.25, 0.3) is 5.91 Å². The SMILES string of the molecule is O=C(NCc1ccc2ccccc2c1)c1ccc(N2CCOCC2)cc1. The first-order chi connectivity index (χ1) is 12.8. The van der Waals surface area contributed by atoms with E-state index in [1.54, 1.807) is 0 Å². The number of hydrogen-bond donors (Lipinski definition) is 1. The van der Waals surface area contributed by atoms with Crippen LogP contribution in [0, 0.1) is 0 Å². The van der Waals surface area contributed by atoms with Gasteiger partial charge in [0.15, 0.2) is 0 Å². The van der Waals surface area contributed by atoms with Crippen LogP contribution in [-0.4, -0.2) is 32.2 Å². The van der Waals surface area contributed by atoms with Gasteiger partial charge >= 0.3 is 0 Å². The summed E-state index contributed by atoms with van der Waals surface area (Å²) in [7, 11) is 0. The number of hydrogen-bond acceptors (Lipinski definition) is 3. The summed E-state index contributed by atoms with van der Waals surface area (Å²) in [5.41, 5.74) is 2.92. The summed E-state index contributed by atoms with van der Waals surface area (Å²) >= 11 is 0. The third kappa shape index (κ3) is 3.70. The Morgan fingerprint density at radius 3 is 2.42 bits per heavy atom. The molecule has 0 atom stereocenters. The van der Waals surface area contributed by atoms with Crippen LogP contribution in [0.25, 0.3) is 10.8 Å². The van der Waals surface area contributed by atoms with Crippen LogP contribution in [0.5, 0.6) is 0 Å². The molecule has 1 heterocycles. The van der Waals surface area contributed by atoms with Crippen LogP contribution in [0.2, 0.25) is 0 Å². The number of fused-ring (bicyclic) bond motifs is 1. The highest BCUT2D eigenvalue weighted by Gasteiger charge is 2.12. The molecular weight excluding hydrogens is 324 g/mol. The number of morpholine rings is 1. The normalized spacial score (nSPS) is 14.4. The van der Waals surface area contributed by atoms with E-state index < -0.39 is 0 Å². The lowest BCUT2D eigenvalue weighted by Gasteiger charge is -2.28. The zero-order chi connectivity index (χ0) is 17.8. The van der Waals surface area contributed by atoms with Gasteiger partial charge in [0.05, 0.1) is 13.2 Å². The van der Waals surface area contributed by atoms with E-state index in [0.29, 0.717) is 12.1 Å². The maximum absolute atomic E-state index is 12.4. The molecule has 0 unspecified atom stereocenters. The molecule has 26 heavy (non-hydrogen) atoms. The molecule has 1 saturated heterocycles. The average molecular weight is 346 g/mol. The maximum atomic E-state index is 12.4. The van der Waals surface area contributed by atoms with E-state index in [1.165, 1.54) is 10.8 Å². The number of rotatable bonds is 4. The fourth-order valence-electron chi connectivity index (χ4n) is 3.28. The maximum Gasteiger partial charge on any atom is 0.251 e. The number of ether oxygens (including phenoxy) is 1. The van der Waals surface area contributed by atoms with Gasteiger partial charge in [-0.2, -0.15) is 0 Å². The molecule has 3 aromatic carbocycles. The molecule has 0 aliphatic carbocycles. The second-order valence-electron chi connectivity index (χ2n) is 6.51. The molecule has 1 aliphatic heterocycles. The van der Waals surface area contributed by atoms with E-state index in [4.69, 9.17) is 4.74 Å². The lowest BCUT2D eigenvalue weighted by molar-refractivity contribution is 0.0951. The highest BCUT2D eigenvalue weighted by atomic mass is 16.5. The van der Waals surface area contributed by atoms with Gasteiger partial charge in [0.2, 0.25) is 0 Å². The van der Waals surface area contributed by atoms with E-state index >= 15 is 0 Å². The third-order valence-electron chi connectivity index (χ3n) is 4.77. The number of amides is 1. The third-order valence-corrected chi connectivity index (χ3v) is 4.77. The lowest BCUT2D eigenvalue weighted by Crippen LogP contribution is -2.36. The fourth-order valence-corrected chi connectivity index (χ4v) is 3.28. The molecule has 4 rings (SSSR count). The van der Waals surface area contributed by atoms with Crippen LogP contribution in [-0.2, 0) is 11.3 Å². The molecule has 4 nitrogen and oxygen atoms in total. The Morgan fingerprint density at radius 1 is 0.923 bits per heavy atom. The summed E-state index contributed by atoms with van der Waals surface area (Å²) in [6, 6.07) is 22.3. The Bertz CT molecular complexity index is 899. The molecule has 132 valence electrons. The van der Waals surface area contributed by atoms with Crippen LogP contribution >= 0.6 is 0 Å². The number of benzene rings is 3. The van der Waals surface area contributed by atoms with Crippen LogP contribution < -0.4 is 10.2 Å². The van der Waals surface area contributed by atoms with Crippen molar-refractivity contribution in [2.24, 2.45) is 0 Å². The summed E-state index contributed by atoms with van der Waals surface area (Å²) < 4.78 is 5.38. The first-order valence-corrected chi connectivity index (χ1v) is 8.98. The van der Waals surface area contributed by atoms with Crippen molar-refractivity contribution in [1.29, 1.82) is 0 Å². The summed E-state index contributed by atoms with van der Waals surface area (Å²) in [6.45, 7) is 3.83. The minimum atomic E-state index is -0.0494. The van der Waals surface area contributed by atoms with Crippen molar-refractivity contribution >= 4 is 22.4 Å². The molecule has 3 aromatic rings. The second-order valence-corrected chi connectivity index (χ2v) is 6.51. The quantitative estimate of drug-likeness (QED) is 0.785. The molecule has 4 heteroatoms. The zero-order valence-corrected chi connectivity index (χ0v) is 14.7. The van der Waals surface area contributed by atoms with E-state index in [2.05, 4.69) is 40.5 Å². The standard InChI is InChI=1S/C22H22N2O2/c25-22(19-7-9-21(10-8-19)24-11-13-26-14-12-24)23-16-17-5-6-18-3-1-2-4-20(18)15-17/h1-10,15H,11-14,16H2,(H,23,25). The molecule has 1 amide bonds. The predicted octanol–water partition coefficient (Wildman–Crippen LogP) is 3.61. The average Bonchev–Trinajstić information content (AvgIpc) is 2.72. The molecule has 0 radical (unpaired) electrons. The summed E-state index contributed by atoms with van der Waals surface area (Å²) in [5, 5.41) is 5.40. The number of anilines is 1. The van der Waals surface area contributed by atoms with Crippen molar-refractivity contribution in [3.8, 4) is 0 Å². The Labute approximate surface area is 153 Å². The smallest absolute Gasteiger partial charge is 0.251 e. The van der Waals surface area contributed by atoms with Crippen LogP contribution in [0.15, 0.2) is 66.7 Å². The molecule has 0 spiro atoms. The van der Waals surface area contributed by atoms with Gasteiger partial charge in [-0.25, -0.2) is 0 Å². The van der Waals surface area contributed by atoms with Crippen LogP contribution in [0.3, 0.4) is 0 Å². The Kier molecular flexibility index (Phi) is 4.84. The molecule has 1 N–H and O–H groups in total.